The summed E-state index contributed by atoms with van der Waals surface area (Å²) < 4.78 is 16.0. The molecule has 1 amide bonds. The topological polar surface area (TPSA) is 69.0 Å². The second kappa shape index (κ2) is 7.95. The smallest absolute Gasteiger partial charge is 0.336 e. The molecule has 0 fully saturated rings. The van der Waals surface area contributed by atoms with E-state index in [0.29, 0.717) is 17.9 Å². The van der Waals surface area contributed by atoms with Crippen LogP contribution in [0, 0.1) is 6.92 Å². The van der Waals surface area contributed by atoms with Crippen LogP contribution in [-0.4, -0.2) is 31.6 Å². The van der Waals surface area contributed by atoms with Gasteiger partial charge >= 0.3 is 5.63 Å². The quantitative estimate of drug-likeness (QED) is 0.626. The first-order chi connectivity index (χ1) is 13.0. The zero-order valence-corrected chi connectivity index (χ0v) is 15.5. The lowest BCUT2D eigenvalue weighted by molar-refractivity contribution is -0.132. The van der Waals surface area contributed by atoms with Gasteiger partial charge in [0.2, 0.25) is 0 Å². The van der Waals surface area contributed by atoms with Gasteiger partial charge in [0, 0.05) is 31.1 Å². The second-order valence-electron chi connectivity index (χ2n) is 6.30. The van der Waals surface area contributed by atoms with Crippen LogP contribution in [0.25, 0.3) is 11.0 Å². The summed E-state index contributed by atoms with van der Waals surface area (Å²) in [5.41, 5.74) is 1.83. The van der Waals surface area contributed by atoms with Crippen LogP contribution in [0.1, 0.15) is 11.1 Å². The van der Waals surface area contributed by atoms with Crippen molar-refractivity contribution in [3.05, 3.63) is 70.1 Å². The fourth-order valence-electron chi connectivity index (χ4n) is 2.78. The number of rotatable bonds is 6. The van der Waals surface area contributed by atoms with Gasteiger partial charge in [-0.15, -0.1) is 0 Å². The number of benzene rings is 2. The Morgan fingerprint density at radius 1 is 1.11 bits per heavy atom. The van der Waals surface area contributed by atoms with Crippen molar-refractivity contribution in [2.75, 3.05) is 20.8 Å². The van der Waals surface area contributed by atoms with Gasteiger partial charge in [-0.1, -0.05) is 12.1 Å². The molecular formula is C21H21NO5. The van der Waals surface area contributed by atoms with E-state index < -0.39 is 5.63 Å². The molecule has 0 saturated carbocycles. The number of fused-ring (bicyclic) bond motifs is 1. The molecule has 0 aliphatic carbocycles. The lowest BCUT2D eigenvalue weighted by Gasteiger charge is -2.18. The lowest BCUT2D eigenvalue weighted by atomic mass is 10.1. The number of aryl methyl sites for hydroxylation is 1. The minimum atomic E-state index is -0.411. The van der Waals surface area contributed by atoms with Gasteiger partial charge in [-0.05, 0) is 42.3 Å². The SMILES string of the molecule is COc1cccc(CN(C)C(=O)COc2ccc3c(C)cc(=O)oc3c2)c1. The normalized spacial score (nSPS) is 10.6. The van der Waals surface area contributed by atoms with Gasteiger partial charge in [0.1, 0.15) is 17.1 Å². The third-order valence-electron chi connectivity index (χ3n) is 4.26. The van der Waals surface area contributed by atoms with Gasteiger partial charge in [0.25, 0.3) is 5.91 Å². The van der Waals surface area contributed by atoms with Crippen molar-refractivity contribution < 1.29 is 18.7 Å². The highest BCUT2D eigenvalue weighted by molar-refractivity contribution is 5.81. The molecule has 6 nitrogen and oxygen atoms in total. The fourth-order valence-corrected chi connectivity index (χ4v) is 2.78. The molecule has 140 valence electrons. The van der Waals surface area contributed by atoms with Gasteiger partial charge in [-0.25, -0.2) is 4.79 Å². The van der Waals surface area contributed by atoms with Crippen LogP contribution in [0.15, 0.2) is 57.7 Å². The van der Waals surface area contributed by atoms with Crippen molar-refractivity contribution in [2.45, 2.75) is 13.5 Å². The second-order valence-corrected chi connectivity index (χ2v) is 6.30. The molecule has 1 heterocycles. The Kier molecular flexibility index (Phi) is 5.45. The van der Waals surface area contributed by atoms with Crippen LogP contribution in [0.3, 0.4) is 0 Å². The van der Waals surface area contributed by atoms with Crippen molar-refractivity contribution in [1.29, 1.82) is 0 Å². The first-order valence-corrected chi connectivity index (χ1v) is 8.50. The highest BCUT2D eigenvalue weighted by Gasteiger charge is 2.11. The van der Waals surface area contributed by atoms with E-state index in [1.54, 1.807) is 31.2 Å². The maximum atomic E-state index is 12.3. The van der Waals surface area contributed by atoms with Gasteiger partial charge in [0.05, 0.1) is 7.11 Å². The lowest BCUT2D eigenvalue weighted by Crippen LogP contribution is -2.30. The molecule has 0 N–H and O–H groups in total. The predicted octanol–water partition coefficient (Wildman–Crippen LogP) is 3.15. The Morgan fingerprint density at radius 3 is 2.70 bits per heavy atom. The molecule has 3 aromatic rings. The highest BCUT2D eigenvalue weighted by atomic mass is 16.5. The first kappa shape index (κ1) is 18.5. The van der Waals surface area contributed by atoms with Crippen LogP contribution < -0.4 is 15.1 Å². The average molecular weight is 367 g/mol. The summed E-state index contributed by atoms with van der Waals surface area (Å²) in [6.07, 6.45) is 0. The molecule has 1 aromatic heterocycles. The molecule has 2 aromatic carbocycles. The molecule has 0 unspecified atom stereocenters. The van der Waals surface area contributed by atoms with Crippen LogP contribution in [0.2, 0.25) is 0 Å². The molecule has 0 spiro atoms. The molecule has 0 aliphatic heterocycles. The number of methoxy groups -OCH3 is 1. The molecule has 0 saturated heterocycles. The van der Waals surface area contributed by atoms with Crippen molar-refractivity contribution in [3.8, 4) is 11.5 Å². The zero-order valence-electron chi connectivity index (χ0n) is 15.5. The standard InChI is InChI=1S/C21H21NO5/c1-14-9-21(24)27-19-11-17(7-8-18(14)19)26-13-20(23)22(2)12-15-5-4-6-16(10-15)25-3/h4-11H,12-13H2,1-3H3. The number of hydrogen-bond donors (Lipinski definition) is 0. The van der Waals surface area contributed by atoms with Crippen molar-refractivity contribution in [2.24, 2.45) is 0 Å². The Balaban J connectivity index is 1.64. The van der Waals surface area contributed by atoms with E-state index in [0.717, 1.165) is 22.3 Å². The summed E-state index contributed by atoms with van der Waals surface area (Å²) >= 11 is 0. The number of hydrogen-bond acceptors (Lipinski definition) is 5. The van der Waals surface area contributed by atoms with Crippen molar-refractivity contribution >= 4 is 16.9 Å². The predicted molar refractivity (Wildman–Crippen MR) is 102 cm³/mol. The van der Waals surface area contributed by atoms with Crippen LogP contribution in [-0.2, 0) is 11.3 Å². The van der Waals surface area contributed by atoms with E-state index in [4.69, 9.17) is 13.9 Å². The molecule has 0 bridgehead atoms. The number of amides is 1. The zero-order chi connectivity index (χ0) is 19.4. The molecular weight excluding hydrogens is 346 g/mol. The largest absolute Gasteiger partial charge is 0.497 e. The van der Waals surface area contributed by atoms with Crippen molar-refractivity contribution in [1.82, 2.24) is 4.90 Å². The Morgan fingerprint density at radius 2 is 1.93 bits per heavy atom. The van der Waals surface area contributed by atoms with Crippen LogP contribution in [0.5, 0.6) is 11.5 Å². The fraction of sp³-hybridized carbons (Fsp3) is 0.238. The Hall–Kier alpha value is -3.28. The first-order valence-electron chi connectivity index (χ1n) is 8.50. The number of nitrogens with zero attached hydrogens (tertiary/aromatic N) is 1. The number of ether oxygens (including phenoxy) is 2. The number of carbonyl (C=O) groups excluding carboxylic acids is 1. The summed E-state index contributed by atoms with van der Waals surface area (Å²) in [6, 6.07) is 14.2. The third kappa shape index (κ3) is 4.47. The summed E-state index contributed by atoms with van der Waals surface area (Å²) in [6.45, 7) is 2.18. The van der Waals surface area contributed by atoms with Crippen LogP contribution >= 0.6 is 0 Å². The molecule has 6 heteroatoms. The van der Waals surface area contributed by atoms with E-state index in [2.05, 4.69) is 0 Å². The average Bonchev–Trinajstić information content (AvgIpc) is 2.65. The maximum Gasteiger partial charge on any atom is 0.336 e. The summed E-state index contributed by atoms with van der Waals surface area (Å²) in [5, 5.41) is 0.836. The summed E-state index contributed by atoms with van der Waals surface area (Å²) in [5.74, 6) is 1.06. The van der Waals surface area contributed by atoms with E-state index in [1.807, 2.05) is 37.3 Å². The Labute approximate surface area is 156 Å². The van der Waals surface area contributed by atoms with E-state index >= 15 is 0 Å². The molecule has 0 aliphatic rings. The minimum absolute atomic E-state index is 0.109. The third-order valence-corrected chi connectivity index (χ3v) is 4.26. The Bertz CT molecular complexity index is 1020. The van der Waals surface area contributed by atoms with Gasteiger partial charge in [-0.3, -0.25) is 4.79 Å². The monoisotopic (exact) mass is 367 g/mol. The van der Waals surface area contributed by atoms with Gasteiger partial charge in [-0.2, -0.15) is 0 Å². The number of likely N-dealkylation sites (N-methyl/N-ethyl adjacent to an activating group) is 1. The molecule has 3 rings (SSSR count). The van der Waals surface area contributed by atoms with E-state index in [-0.39, 0.29) is 12.5 Å². The number of carbonyl (C=O) groups is 1. The highest BCUT2D eigenvalue weighted by Crippen LogP contribution is 2.22. The van der Waals surface area contributed by atoms with E-state index in [1.165, 1.54) is 6.07 Å². The molecule has 0 atom stereocenters. The molecule has 27 heavy (non-hydrogen) atoms. The summed E-state index contributed by atoms with van der Waals surface area (Å²) in [4.78, 5) is 25.4. The van der Waals surface area contributed by atoms with Gasteiger partial charge < -0.3 is 18.8 Å². The van der Waals surface area contributed by atoms with Gasteiger partial charge in [0.15, 0.2) is 6.61 Å². The minimum Gasteiger partial charge on any atom is -0.497 e. The van der Waals surface area contributed by atoms with E-state index in [9.17, 15) is 9.59 Å². The van der Waals surface area contributed by atoms with Crippen molar-refractivity contribution in [3.63, 3.8) is 0 Å². The maximum absolute atomic E-state index is 12.3. The molecule has 0 radical (unpaired) electrons. The summed E-state index contributed by atoms with van der Waals surface area (Å²) in [7, 11) is 3.32. The van der Waals surface area contributed by atoms with Crippen LogP contribution in [0.4, 0.5) is 0 Å².